The van der Waals surface area contributed by atoms with Crippen LogP contribution in [0.5, 0.6) is 5.75 Å². The minimum Gasteiger partial charge on any atom is -0.494 e. The molecule has 1 aromatic rings. The fourth-order valence-corrected chi connectivity index (χ4v) is 3.46. The first-order chi connectivity index (χ1) is 11.4. The van der Waals surface area contributed by atoms with Crippen molar-refractivity contribution in [3.8, 4) is 5.75 Å². The van der Waals surface area contributed by atoms with E-state index >= 15 is 0 Å². The van der Waals surface area contributed by atoms with E-state index in [1.807, 2.05) is 0 Å². The van der Waals surface area contributed by atoms with Crippen LogP contribution in [0.15, 0.2) is 18.2 Å². The molecule has 24 heavy (non-hydrogen) atoms. The largest absolute Gasteiger partial charge is 0.494 e. The first-order valence-electron chi connectivity index (χ1n) is 7.38. The van der Waals surface area contributed by atoms with Crippen LogP contribution in [0.3, 0.4) is 0 Å². The number of benzene rings is 1. The smallest absolute Gasteiger partial charge is 0.337 e. The van der Waals surface area contributed by atoms with Gasteiger partial charge in [-0.25, -0.2) is 13.2 Å². The number of hydrogen-bond donors (Lipinski definition) is 1. The molecule has 1 N–H and O–H groups in total. The van der Waals surface area contributed by atoms with Gasteiger partial charge in [-0.3, -0.25) is 4.72 Å². The Morgan fingerprint density at radius 2 is 2.00 bits per heavy atom. The maximum absolute atomic E-state index is 12.2. The highest BCUT2D eigenvalue weighted by atomic mass is 35.5. The topological polar surface area (TPSA) is 81.7 Å². The van der Waals surface area contributed by atoms with Gasteiger partial charge in [-0.05, 0) is 31.9 Å². The molecule has 0 saturated carbocycles. The molecule has 0 unspecified atom stereocenters. The van der Waals surface area contributed by atoms with Gasteiger partial charge in [0.2, 0.25) is 10.0 Å². The van der Waals surface area contributed by atoms with Crippen molar-refractivity contribution < 1.29 is 22.7 Å². The van der Waals surface area contributed by atoms with Crippen LogP contribution in [-0.2, 0) is 14.8 Å². The molecule has 0 atom stereocenters. The number of allylic oxidation sites excluding steroid dienone is 1. The Labute approximate surface area is 147 Å². The maximum Gasteiger partial charge on any atom is 0.337 e. The number of halogens is 1. The summed E-state index contributed by atoms with van der Waals surface area (Å²) in [6.45, 7) is 1.81. The number of carbonyl (C=O) groups excluding carboxylic acids is 1. The van der Waals surface area contributed by atoms with Crippen molar-refractivity contribution in [1.82, 2.24) is 0 Å². The maximum atomic E-state index is 12.2. The number of alkyl halides is 1. The fourth-order valence-electron chi connectivity index (χ4n) is 2.10. The zero-order chi connectivity index (χ0) is 18.2. The quantitative estimate of drug-likeness (QED) is 0.407. The Morgan fingerprint density at radius 3 is 2.54 bits per heavy atom. The molecule has 0 fully saturated rings. The van der Waals surface area contributed by atoms with Crippen molar-refractivity contribution in [2.45, 2.75) is 19.8 Å². The Morgan fingerprint density at radius 1 is 1.29 bits per heavy atom. The Bertz CT molecular complexity index is 701. The first kappa shape index (κ1) is 20.3. The van der Waals surface area contributed by atoms with Crippen molar-refractivity contribution in [2.24, 2.45) is 0 Å². The van der Waals surface area contributed by atoms with Gasteiger partial charge in [0, 0.05) is 11.4 Å². The van der Waals surface area contributed by atoms with Crippen molar-refractivity contribution in [2.75, 3.05) is 30.6 Å². The Balaban J connectivity index is 3.28. The van der Waals surface area contributed by atoms with Crippen LogP contribution >= 0.6 is 11.6 Å². The van der Waals surface area contributed by atoms with Crippen LogP contribution < -0.4 is 9.46 Å². The van der Waals surface area contributed by atoms with E-state index in [2.05, 4.69) is 4.72 Å². The van der Waals surface area contributed by atoms with E-state index in [0.29, 0.717) is 30.0 Å². The number of nitrogens with one attached hydrogen (secondary N) is 1. The lowest BCUT2D eigenvalue weighted by molar-refractivity contribution is 0.0600. The summed E-state index contributed by atoms with van der Waals surface area (Å²) in [6, 6.07) is 2.98. The second-order valence-corrected chi connectivity index (χ2v) is 7.17. The van der Waals surface area contributed by atoms with E-state index in [1.165, 1.54) is 20.3 Å². The highest BCUT2D eigenvalue weighted by Gasteiger charge is 2.19. The Kier molecular flexibility index (Phi) is 8.07. The third-order valence-electron chi connectivity index (χ3n) is 3.15. The van der Waals surface area contributed by atoms with Crippen LogP contribution in [0.25, 0.3) is 6.08 Å². The number of hydrogen-bond acceptors (Lipinski definition) is 5. The lowest BCUT2D eigenvalue weighted by Crippen LogP contribution is -2.18. The average Bonchev–Trinajstić information content (AvgIpc) is 2.54. The number of methoxy groups -OCH3 is 2. The number of anilines is 1. The number of ether oxygens (including phenoxy) is 2. The number of esters is 1. The van der Waals surface area contributed by atoms with Crippen LogP contribution in [0.4, 0.5) is 5.69 Å². The predicted octanol–water partition coefficient (Wildman–Crippen LogP) is 3.28. The summed E-state index contributed by atoms with van der Waals surface area (Å²) in [5, 5.41) is 0. The van der Waals surface area contributed by atoms with Crippen LogP contribution in [0.2, 0.25) is 0 Å². The van der Waals surface area contributed by atoms with E-state index in [4.69, 9.17) is 21.1 Å². The summed E-state index contributed by atoms with van der Waals surface area (Å²) in [5.41, 5.74) is 0.991. The van der Waals surface area contributed by atoms with E-state index in [-0.39, 0.29) is 17.0 Å². The molecule has 0 bridgehead atoms. The standard InChI is InChI=1S/C16H22ClNO5S/c1-4-7-12-10-13(16(19)23-3)11-14(15(12)22-2)18-24(20,21)9-6-5-8-17/h4,7,10-11,18H,5-6,8-9H2,1-3H3/b7-4-. The SMILES string of the molecule is C/C=C\c1cc(C(=O)OC)cc(NS(=O)(=O)CCCCCl)c1OC. The second kappa shape index (κ2) is 9.54. The summed E-state index contributed by atoms with van der Waals surface area (Å²) in [4.78, 5) is 11.8. The third kappa shape index (κ3) is 5.72. The van der Waals surface area contributed by atoms with Gasteiger partial charge in [-0.2, -0.15) is 0 Å². The van der Waals surface area contributed by atoms with Crippen molar-refractivity contribution in [3.05, 3.63) is 29.3 Å². The molecular weight excluding hydrogens is 354 g/mol. The molecule has 0 radical (unpaired) electrons. The molecule has 0 aromatic heterocycles. The molecule has 134 valence electrons. The highest BCUT2D eigenvalue weighted by Crippen LogP contribution is 2.33. The van der Waals surface area contributed by atoms with Crippen molar-refractivity contribution >= 4 is 39.4 Å². The molecule has 0 heterocycles. The third-order valence-corrected chi connectivity index (χ3v) is 4.78. The summed E-state index contributed by atoms with van der Waals surface area (Å²) < 4.78 is 36.9. The molecule has 0 amide bonds. The summed E-state index contributed by atoms with van der Waals surface area (Å²) >= 11 is 5.57. The molecular formula is C16H22ClNO5S. The van der Waals surface area contributed by atoms with Gasteiger partial charge < -0.3 is 9.47 Å². The van der Waals surface area contributed by atoms with Crippen LogP contribution in [-0.4, -0.2) is 40.2 Å². The van der Waals surface area contributed by atoms with Gasteiger partial charge in [0.25, 0.3) is 0 Å². The van der Waals surface area contributed by atoms with Crippen molar-refractivity contribution in [1.29, 1.82) is 0 Å². The minimum absolute atomic E-state index is 0.0652. The van der Waals surface area contributed by atoms with Gasteiger partial charge in [0.1, 0.15) is 5.75 Å². The summed E-state index contributed by atoms with van der Waals surface area (Å²) in [5.74, 6) is 0.111. The molecule has 1 rings (SSSR count). The molecule has 1 aromatic carbocycles. The van der Waals surface area contributed by atoms with E-state index < -0.39 is 16.0 Å². The molecule has 0 aliphatic rings. The van der Waals surface area contributed by atoms with E-state index in [9.17, 15) is 13.2 Å². The molecule has 0 saturated heterocycles. The molecule has 0 aliphatic heterocycles. The van der Waals surface area contributed by atoms with E-state index in [1.54, 1.807) is 25.1 Å². The fraction of sp³-hybridized carbons (Fsp3) is 0.438. The van der Waals surface area contributed by atoms with E-state index in [0.717, 1.165) is 0 Å². The van der Waals surface area contributed by atoms with Gasteiger partial charge in [0.05, 0.1) is 31.2 Å². The number of sulfonamides is 1. The average molecular weight is 376 g/mol. The van der Waals surface area contributed by atoms with Crippen molar-refractivity contribution in [3.63, 3.8) is 0 Å². The zero-order valence-electron chi connectivity index (χ0n) is 14.0. The molecule has 8 heteroatoms. The minimum atomic E-state index is -3.59. The normalized spacial score (nSPS) is 11.5. The lowest BCUT2D eigenvalue weighted by atomic mass is 10.1. The predicted molar refractivity (Wildman–Crippen MR) is 96.4 cm³/mol. The zero-order valence-corrected chi connectivity index (χ0v) is 15.5. The van der Waals surface area contributed by atoms with Gasteiger partial charge in [-0.1, -0.05) is 12.2 Å². The van der Waals surface area contributed by atoms with Crippen LogP contribution in [0, 0.1) is 0 Å². The molecule has 0 spiro atoms. The van der Waals surface area contributed by atoms with Crippen LogP contribution in [0.1, 0.15) is 35.7 Å². The summed E-state index contributed by atoms with van der Waals surface area (Å²) in [7, 11) is -0.887. The monoisotopic (exact) mass is 375 g/mol. The molecule has 6 nitrogen and oxygen atoms in total. The second-order valence-electron chi connectivity index (χ2n) is 4.95. The van der Waals surface area contributed by atoms with Gasteiger partial charge >= 0.3 is 5.97 Å². The number of rotatable bonds is 9. The Hall–Kier alpha value is -1.73. The van der Waals surface area contributed by atoms with Gasteiger partial charge in [-0.15, -0.1) is 11.6 Å². The number of carbonyl (C=O) groups is 1. The number of unbranched alkanes of at least 4 members (excludes halogenated alkanes) is 1. The first-order valence-corrected chi connectivity index (χ1v) is 9.56. The van der Waals surface area contributed by atoms with Gasteiger partial charge in [0.15, 0.2) is 0 Å². The molecule has 0 aliphatic carbocycles. The lowest BCUT2D eigenvalue weighted by Gasteiger charge is -2.15. The summed E-state index contributed by atoms with van der Waals surface area (Å²) in [6.07, 6.45) is 4.53. The highest BCUT2D eigenvalue weighted by molar-refractivity contribution is 7.92.